The summed E-state index contributed by atoms with van der Waals surface area (Å²) < 4.78 is 19.6. The van der Waals surface area contributed by atoms with Crippen LogP contribution in [0.5, 0.6) is 5.75 Å². The molecule has 2 N–H and O–H groups in total. The largest absolute Gasteiger partial charge is 0.497 e. The van der Waals surface area contributed by atoms with E-state index in [4.69, 9.17) is 4.74 Å². The lowest BCUT2D eigenvalue weighted by atomic mass is 9.99. The predicted octanol–water partition coefficient (Wildman–Crippen LogP) is 3.63. The van der Waals surface area contributed by atoms with Crippen molar-refractivity contribution in [2.75, 3.05) is 24.7 Å². The Morgan fingerprint density at radius 1 is 1.28 bits per heavy atom. The number of carbonyl (C=O) groups excluding carboxylic acids is 1. The summed E-state index contributed by atoms with van der Waals surface area (Å²) in [4.78, 5) is 13.1. The third-order valence-electron chi connectivity index (χ3n) is 3.91. The summed E-state index contributed by atoms with van der Waals surface area (Å²) in [6.07, 6.45) is 0.644. The highest BCUT2D eigenvalue weighted by atomic mass is 35.5. The molecule has 1 amide bonds. The van der Waals surface area contributed by atoms with E-state index in [0.29, 0.717) is 18.5 Å². The van der Waals surface area contributed by atoms with E-state index in [1.807, 2.05) is 30.3 Å². The average Bonchev–Trinajstić information content (AvgIpc) is 2.63. The topological polar surface area (TPSA) is 50.4 Å². The van der Waals surface area contributed by atoms with Crippen LogP contribution in [0.3, 0.4) is 0 Å². The van der Waals surface area contributed by atoms with Crippen LogP contribution in [0, 0.1) is 5.82 Å². The van der Waals surface area contributed by atoms with Gasteiger partial charge in [-0.15, -0.1) is 24.2 Å². The number of rotatable bonds is 5. The summed E-state index contributed by atoms with van der Waals surface area (Å²) in [5.41, 5.74) is 1.93. The monoisotopic (exact) mass is 382 g/mol. The molecule has 0 aromatic heterocycles. The van der Waals surface area contributed by atoms with Gasteiger partial charge in [0.05, 0.1) is 18.6 Å². The molecule has 134 valence electrons. The first-order valence-corrected chi connectivity index (χ1v) is 8.73. The summed E-state index contributed by atoms with van der Waals surface area (Å²) in [7, 11) is 1.61. The summed E-state index contributed by atoms with van der Waals surface area (Å²) in [6, 6.07) is 11.0. The zero-order valence-corrected chi connectivity index (χ0v) is 15.4. The lowest BCUT2D eigenvalue weighted by Gasteiger charge is -2.19. The molecule has 2 aromatic carbocycles. The first kappa shape index (κ1) is 19.6. The van der Waals surface area contributed by atoms with Crippen LogP contribution in [0.15, 0.2) is 41.3 Å². The third kappa shape index (κ3) is 4.87. The van der Waals surface area contributed by atoms with Crippen LogP contribution in [0.25, 0.3) is 0 Å². The van der Waals surface area contributed by atoms with Crippen molar-refractivity contribution in [2.45, 2.75) is 17.9 Å². The van der Waals surface area contributed by atoms with Gasteiger partial charge in [0.25, 0.3) is 0 Å². The van der Waals surface area contributed by atoms with Crippen molar-refractivity contribution in [3.63, 3.8) is 0 Å². The van der Waals surface area contributed by atoms with Gasteiger partial charge in [-0.3, -0.25) is 4.79 Å². The first-order valence-electron chi connectivity index (χ1n) is 7.75. The van der Waals surface area contributed by atoms with E-state index in [2.05, 4.69) is 10.6 Å². The molecule has 0 aliphatic carbocycles. The minimum absolute atomic E-state index is 0. The second-order valence-electron chi connectivity index (χ2n) is 5.50. The van der Waals surface area contributed by atoms with E-state index in [0.717, 1.165) is 22.8 Å². The number of hydrogen-bond acceptors (Lipinski definition) is 4. The predicted molar refractivity (Wildman–Crippen MR) is 101 cm³/mol. The van der Waals surface area contributed by atoms with Gasteiger partial charge >= 0.3 is 0 Å². The van der Waals surface area contributed by atoms with Crippen molar-refractivity contribution in [3.05, 3.63) is 53.3 Å². The SMILES string of the molecule is COc1ccc(SCC(=O)Nc2ccc3c(c2F)CCNC3)cc1.Cl. The van der Waals surface area contributed by atoms with Gasteiger partial charge in [0.2, 0.25) is 5.91 Å². The number of thioether (sulfide) groups is 1. The van der Waals surface area contributed by atoms with Crippen LogP contribution in [0.4, 0.5) is 10.1 Å². The fraction of sp³-hybridized carbons (Fsp3) is 0.278. The van der Waals surface area contributed by atoms with Gasteiger partial charge in [-0.25, -0.2) is 4.39 Å². The molecule has 0 bridgehead atoms. The zero-order valence-electron chi connectivity index (χ0n) is 13.8. The maximum atomic E-state index is 14.5. The molecule has 0 saturated carbocycles. The molecule has 1 aliphatic heterocycles. The van der Waals surface area contributed by atoms with Crippen LogP contribution >= 0.6 is 24.2 Å². The molecular weight excluding hydrogens is 363 g/mol. The second-order valence-corrected chi connectivity index (χ2v) is 6.55. The van der Waals surface area contributed by atoms with Crippen molar-refractivity contribution >= 4 is 35.8 Å². The normalized spacial score (nSPS) is 12.7. The van der Waals surface area contributed by atoms with Gasteiger partial charge in [0.1, 0.15) is 11.6 Å². The Morgan fingerprint density at radius 3 is 2.76 bits per heavy atom. The number of nitrogens with one attached hydrogen (secondary N) is 2. The molecule has 0 fully saturated rings. The molecule has 0 saturated heterocycles. The number of anilines is 1. The molecule has 3 rings (SSSR count). The Kier molecular flexibility index (Phi) is 7.11. The Hall–Kier alpha value is -1.76. The average molecular weight is 383 g/mol. The van der Waals surface area contributed by atoms with Gasteiger partial charge < -0.3 is 15.4 Å². The van der Waals surface area contributed by atoms with E-state index in [-0.39, 0.29) is 35.6 Å². The number of fused-ring (bicyclic) bond motifs is 1. The van der Waals surface area contributed by atoms with Gasteiger partial charge in [0, 0.05) is 11.4 Å². The summed E-state index contributed by atoms with van der Waals surface area (Å²) in [5, 5.41) is 5.88. The van der Waals surface area contributed by atoms with E-state index < -0.39 is 0 Å². The molecule has 1 aliphatic rings. The van der Waals surface area contributed by atoms with Crippen LogP contribution in [-0.4, -0.2) is 25.3 Å². The number of benzene rings is 2. The summed E-state index contributed by atoms with van der Waals surface area (Å²) in [6.45, 7) is 1.43. The Morgan fingerprint density at radius 2 is 2.04 bits per heavy atom. The molecule has 4 nitrogen and oxygen atoms in total. The van der Waals surface area contributed by atoms with Gasteiger partial charge in [-0.1, -0.05) is 6.07 Å². The lowest BCUT2D eigenvalue weighted by Crippen LogP contribution is -2.25. The standard InChI is InChI=1S/C18H19FN2O2S.ClH/c1-23-13-3-5-14(6-4-13)24-11-17(22)21-16-7-2-12-10-20-9-8-15(12)18(16)19;/h2-7,20H,8-11H2,1H3,(H,21,22);1H. The van der Waals surface area contributed by atoms with E-state index in [1.165, 1.54) is 11.8 Å². The Labute approximate surface area is 156 Å². The summed E-state index contributed by atoms with van der Waals surface area (Å²) in [5.74, 6) is 0.472. The minimum Gasteiger partial charge on any atom is -0.497 e. The maximum Gasteiger partial charge on any atom is 0.234 e. The fourth-order valence-electron chi connectivity index (χ4n) is 2.64. The molecular formula is C18H20ClFN2O2S. The highest BCUT2D eigenvalue weighted by Gasteiger charge is 2.17. The third-order valence-corrected chi connectivity index (χ3v) is 4.92. The molecule has 0 atom stereocenters. The van der Waals surface area contributed by atoms with Crippen LogP contribution in [0.2, 0.25) is 0 Å². The first-order chi connectivity index (χ1) is 11.7. The van der Waals surface area contributed by atoms with Crippen molar-refractivity contribution in [3.8, 4) is 5.75 Å². The number of amides is 1. The van der Waals surface area contributed by atoms with Crippen molar-refractivity contribution < 1.29 is 13.9 Å². The zero-order chi connectivity index (χ0) is 16.9. The Bertz CT molecular complexity index is 741. The van der Waals surface area contributed by atoms with Crippen LogP contribution < -0.4 is 15.4 Å². The quantitative estimate of drug-likeness (QED) is 0.775. The molecule has 7 heteroatoms. The highest BCUT2D eigenvalue weighted by molar-refractivity contribution is 8.00. The van der Waals surface area contributed by atoms with Crippen LogP contribution in [0.1, 0.15) is 11.1 Å². The highest BCUT2D eigenvalue weighted by Crippen LogP contribution is 2.25. The molecule has 25 heavy (non-hydrogen) atoms. The Balaban J connectivity index is 0.00000225. The molecule has 2 aromatic rings. The van der Waals surface area contributed by atoms with E-state index >= 15 is 0 Å². The van der Waals surface area contributed by atoms with Crippen LogP contribution in [-0.2, 0) is 17.8 Å². The molecule has 0 spiro atoms. The van der Waals surface area contributed by atoms with Gasteiger partial charge in [-0.05, 0) is 54.4 Å². The number of carbonyl (C=O) groups is 1. The van der Waals surface area contributed by atoms with Crippen molar-refractivity contribution in [1.82, 2.24) is 5.32 Å². The molecule has 1 heterocycles. The van der Waals surface area contributed by atoms with Gasteiger partial charge in [-0.2, -0.15) is 0 Å². The molecule has 0 unspecified atom stereocenters. The van der Waals surface area contributed by atoms with E-state index in [1.54, 1.807) is 13.2 Å². The number of hydrogen-bond donors (Lipinski definition) is 2. The molecule has 0 radical (unpaired) electrons. The summed E-state index contributed by atoms with van der Waals surface area (Å²) >= 11 is 1.40. The van der Waals surface area contributed by atoms with Crippen molar-refractivity contribution in [1.29, 1.82) is 0 Å². The van der Waals surface area contributed by atoms with E-state index in [9.17, 15) is 9.18 Å². The lowest BCUT2D eigenvalue weighted by molar-refractivity contribution is -0.113. The number of ether oxygens (including phenoxy) is 1. The number of halogens is 2. The number of methoxy groups -OCH3 is 1. The minimum atomic E-state index is -0.309. The second kappa shape index (κ2) is 9.08. The van der Waals surface area contributed by atoms with Crippen molar-refractivity contribution in [2.24, 2.45) is 0 Å². The fourth-order valence-corrected chi connectivity index (χ4v) is 3.34. The van der Waals surface area contributed by atoms with Gasteiger partial charge in [0.15, 0.2) is 0 Å². The maximum absolute atomic E-state index is 14.5. The smallest absolute Gasteiger partial charge is 0.234 e.